The van der Waals surface area contributed by atoms with Gasteiger partial charge in [0.05, 0.1) is 5.56 Å². The number of benzene rings is 3. The molecule has 1 amide bonds. The molecule has 0 aliphatic heterocycles. The van der Waals surface area contributed by atoms with Crippen LogP contribution in [0.5, 0.6) is 11.5 Å². The molecule has 1 unspecified atom stereocenters. The van der Waals surface area contributed by atoms with E-state index in [4.69, 9.17) is 10.5 Å². The first-order chi connectivity index (χ1) is 14.2. The molecule has 0 heterocycles. The van der Waals surface area contributed by atoms with E-state index in [1.165, 1.54) is 36.4 Å². The number of alkyl halides is 3. The Hall–Kier alpha value is -3.39. The molecular weight excluding hydrogens is 400 g/mol. The number of nitrogens with two attached hydrogens (primary N) is 1. The van der Waals surface area contributed by atoms with Crippen LogP contribution in [0.2, 0.25) is 0 Å². The van der Waals surface area contributed by atoms with Gasteiger partial charge in [0.15, 0.2) is 0 Å². The summed E-state index contributed by atoms with van der Waals surface area (Å²) >= 11 is 0. The Bertz CT molecular complexity index is 986. The van der Waals surface area contributed by atoms with Crippen LogP contribution in [0.3, 0.4) is 0 Å². The molecule has 4 nitrogen and oxygen atoms in total. The number of carbonyl (C=O) groups is 1. The van der Waals surface area contributed by atoms with Gasteiger partial charge in [0.2, 0.25) is 5.91 Å². The van der Waals surface area contributed by atoms with Crippen molar-refractivity contribution in [3.05, 3.63) is 95.3 Å². The maximum absolute atomic E-state index is 13.1. The van der Waals surface area contributed by atoms with Gasteiger partial charge in [-0.15, -0.1) is 0 Å². The number of carbonyl (C=O) groups excluding carboxylic acids is 1. The Labute approximate surface area is 170 Å². The van der Waals surface area contributed by atoms with Crippen LogP contribution in [0.4, 0.5) is 17.6 Å². The predicted octanol–water partition coefficient (Wildman–Crippen LogP) is 4.95. The Balaban J connectivity index is 1.61. The molecule has 30 heavy (non-hydrogen) atoms. The van der Waals surface area contributed by atoms with E-state index >= 15 is 0 Å². The Morgan fingerprint density at radius 3 is 1.93 bits per heavy atom. The topological polar surface area (TPSA) is 64.4 Å². The van der Waals surface area contributed by atoms with Crippen molar-refractivity contribution < 1.29 is 27.1 Å². The van der Waals surface area contributed by atoms with Crippen molar-refractivity contribution in [1.29, 1.82) is 0 Å². The van der Waals surface area contributed by atoms with E-state index in [1.807, 2.05) is 0 Å². The lowest BCUT2D eigenvalue weighted by Crippen LogP contribution is -2.33. The summed E-state index contributed by atoms with van der Waals surface area (Å²) in [5.74, 6) is -0.281. The standard InChI is InChI=1S/C22H18F4N2O2/c23-17-7-3-15(4-8-17)20(21(27)29)28-13-14-1-9-18(10-2-14)30-19-11-5-16(6-12-19)22(24,25)26/h1-12,20,28H,13H2,(H2,27,29). The van der Waals surface area contributed by atoms with Gasteiger partial charge in [0.25, 0.3) is 0 Å². The van der Waals surface area contributed by atoms with Gasteiger partial charge in [-0.3, -0.25) is 10.1 Å². The van der Waals surface area contributed by atoms with Crippen molar-refractivity contribution in [2.75, 3.05) is 0 Å². The lowest BCUT2D eigenvalue weighted by Gasteiger charge is -2.16. The highest BCUT2D eigenvalue weighted by molar-refractivity contribution is 5.81. The van der Waals surface area contributed by atoms with Gasteiger partial charge in [0.1, 0.15) is 23.4 Å². The van der Waals surface area contributed by atoms with E-state index < -0.39 is 29.5 Å². The zero-order chi connectivity index (χ0) is 21.7. The number of hydrogen-bond donors (Lipinski definition) is 2. The normalized spacial score (nSPS) is 12.4. The highest BCUT2D eigenvalue weighted by atomic mass is 19.4. The Kier molecular flexibility index (Phi) is 6.37. The lowest BCUT2D eigenvalue weighted by atomic mass is 10.1. The van der Waals surface area contributed by atoms with Gasteiger partial charge >= 0.3 is 6.18 Å². The third kappa shape index (κ3) is 5.57. The van der Waals surface area contributed by atoms with Crippen LogP contribution in [0.25, 0.3) is 0 Å². The van der Waals surface area contributed by atoms with E-state index in [1.54, 1.807) is 24.3 Å². The molecule has 0 spiro atoms. The molecule has 3 N–H and O–H groups in total. The van der Waals surface area contributed by atoms with Crippen LogP contribution >= 0.6 is 0 Å². The smallest absolute Gasteiger partial charge is 0.416 e. The van der Waals surface area contributed by atoms with Crippen LogP contribution < -0.4 is 15.8 Å². The second-order valence-corrected chi connectivity index (χ2v) is 6.54. The third-order valence-electron chi connectivity index (χ3n) is 4.34. The van der Waals surface area contributed by atoms with E-state index in [2.05, 4.69) is 5.32 Å². The predicted molar refractivity (Wildman–Crippen MR) is 103 cm³/mol. The summed E-state index contributed by atoms with van der Waals surface area (Å²) in [6, 6.07) is 15.9. The van der Waals surface area contributed by atoms with Gasteiger partial charge in [-0.1, -0.05) is 24.3 Å². The summed E-state index contributed by atoms with van der Waals surface area (Å²) < 4.78 is 56.4. The second kappa shape index (κ2) is 8.96. The summed E-state index contributed by atoms with van der Waals surface area (Å²) in [7, 11) is 0. The molecule has 1 atom stereocenters. The molecule has 3 aromatic rings. The van der Waals surface area contributed by atoms with Crippen molar-refractivity contribution >= 4 is 5.91 Å². The quantitative estimate of drug-likeness (QED) is 0.534. The Morgan fingerprint density at radius 2 is 1.43 bits per heavy atom. The van der Waals surface area contributed by atoms with Crippen LogP contribution in [0.1, 0.15) is 22.7 Å². The van der Waals surface area contributed by atoms with E-state index in [0.29, 0.717) is 17.9 Å². The number of nitrogens with one attached hydrogen (secondary N) is 1. The first kappa shape index (κ1) is 21.3. The molecule has 0 saturated carbocycles. The fourth-order valence-electron chi connectivity index (χ4n) is 2.78. The molecule has 0 bridgehead atoms. The zero-order valence-electron chi connectivity index (χ0n) is 15.6. The molecule has 0 radical (unpaired) electrons. The van der Waals surface area contributed by atoms with E-state index in [9.17, 15) is 22.4 Å². The summed E-state index contributed by atoms with van der Waals surface area (Å²) in [4.78, 5) is 11.7. The number of halogens is 4. The second-order valence-electron chi connectivity index (χ2n) is 6.54. The lowest BCUT2D eigenvalue weighted by molar-refractivity contribution is -0.137. The van der Waals surface area contributed by atoms with Crippen LogP contribution in [-0.4, -0.2) is 5.91 Å². The van der Waals surface area contributed by atoms with Gasteiger partial charge in [0, 0.05) is 6.54 Å². The van der Waals surface area contributed by atoms with E-state index in [-0.39, 0.29) is 5.75 Å². The summed E-state index contributed by atoms with van der Waals surface area (Å²) in [6.07, 6.45) is -4.40. The minimum atomic E-state index is -4.40. The largest absolute Gasteiger partial charge is 0.457 e. The van der Waals surface area contributed by atoms with Gasteiger partial charge in [-0.25, -0.2) is 4.39 Å². The molecule has 0 aliphatic carbocycles. The minimum Gasteiger partial charge on any atom is -0.457 e. The molecule has 0 saturated heterocycles. The van der Waals surface area contributed by atoms with Gasteiger partial charge in [-0.05, 0) is 59.7 Å². The van der Waals surface area contributed by atoms with Crippen molar-refractivity contribution in [1.82, 2.24) is 5.32 Å². The SMILES string of the molecule is NC(=O)C(NCc1ccc(Oc2ccc(C(F)(F)F)cc2)cc1)c1ccc(F)cc1. The summed E-state index contributed by atoms with van der Waals surface area (Å²) in [6.45, 7) is 0.311. The Morgan fingerprint density at radius 1 is 0.900 bits per heavy atom. The molecule has 3 aromatic carbocycles. The first-order valence-corrected chi connectivity index (χ1v) is 8.94. The highest BCUT2D eigenvalue weighted by Gasteiger charge is 2.30. The molecule has 0 aliphatic rings. The molecule has 0 fully saturated rings. The molecule has 0 aromatic heterocycles. The fourth-order valence-corrected chi connectivity index (χ4v) is 2.78. The minimum absolute atomic E-state index is 0.277. The van der Waals surface area contributed by atoms with Crippen LogP contribution in [0, 0.1) is 5.82 Å². The number of amides is 1. The highest BCUT2D eigenvalue weighted by Crippen LogP contribution is 2.31. The molecule has 8 heteroatoms. The fraction of sp³-hybridized carbons (Fsp3) is 0.136. The monoisotopic (exact) mass is 418 g/mol. The number of ether oxygens (including phenoxy) is 1. The first-order valence-electron chi connectivity index (χ1n) is 8.94. The zero-order valence-corrected chi connectivity index (χ0v) is 15.6. The number of hydrogen-bond acceptors (Lipinski definition) is 3. The van der Waals surface area contributed by atoms with Crippen molar-refractivity contribution in [3.63, 3.8) is 0 Å². The molecule has 156 valence electrons. The average molecular weight is 418 g/mol. The molecule has 3 rings (SSSR count). The number of rotatable bonds is 7. The third-order valence-corrected chi connectivity index (χ3v) is 4.34. The summed E-state index contributed by atoms with van der Waals surface area (Å²) in [5.41, 5.74) is 6.05. The van der Waals surface area contributed by atoms with E-state index in [0.717, 1.165) is 17.7 Å². The van der Waals surface area contributed by atoms with Crippen molar-refractivity contribution in [3.8, 4) is 11.5 Å². The van der Waals surface area contributed by atoms with Crippen LogP contribution in [-0.2, 0) is 17.5 Å². The van der Waals surface area contributed by atoms with Gasteiger partial charge in [-0.2, -0.15) is 13.2 Å². The van der Waals surface area contributed by atoms with Crippen molar-refractivity contribution in [2.24, 2.45) is 5.73 Å². The number of primary amides is 1. The average Bonchev–Trinajstić information content (AvgIpc) is 2.70. The maximum atomic E-state index is 13.1. The van der Waals surface area contributed by atoms with Gasteiger partial charge < -0.3 is 10.5 Å². The van der Waals surface area contributed by atoms with Crippen LogP contribution in [0.15, 0.2) is 72.8 Å². The maximum Gasteiger partial charge on any atom is 0.416 e. The van der Waals surface area contributed by atoms with Crippen molar-refractivity contribution in [2.45, 2.75) is 18.8 Å². The molecular formula is C22H18F4N2O2. The summed E-state index contributed by atoms with van der Waals surface area (Å²) in [5, 5.41) is 3.02.